The van der Waals surface area contributed by atoms with Crippen molar-refractivity contribution >= 4 is 11.6 Å². The molecule has 1 atom stereocenters. The molecule has 2 aromatic rings. The number of nitrogens with zero attached hydrogens (tertiary/aromatic N) is 1. The van der Waals surface area contributed by atoms with E-state index in [-0.39, 0.29) is 12.2 Å². The summed E-state index contributed by atoms with van der Waals surface area (Å²) in [4.78, 5) is 0. The molecule has 0 aliphatic rings. The van der Waals surface area contributed by atoms with Crippen LogP contribution in [0.1, 0.15) is 29.7 Å². The predicted octanol–water partition coefficient (Wildman–Crippen LogP) is 3.98. The van der Waals surface area contributed by atoms with Crippen molar-refractivity contribution in [2.45, 2.75) is 19.6 Å². The Morgan fingerprint density at radius 2 is 2.10 bits per heavy atom. The minimum atomic E-state index is -0.624. The van der Waals surface area contributed by atoms with E-state index in [0.717, 1.165) is 0 Å². The molecule has 0 saturated heterocycles. The maximum absolute atomic E-state index is 13.6. The molecule has 0 aliphatic carbocycles. The monoisotopic (exact) mass is 305 g/mol. The zero-order valence-electron chi connectivity index (χ0n) is 11.3. The predicted molar refractivity (Wildman–Crippen MR) is 77.5 cm³/mol. The minimum Gasteiger partial charge on any atom is -0.487 e. The van der Waals surface area contributed by atoms with Gasteiger partial charge in [-0.15, -0.1) is 0 Å². The number of ether oxygens (including phenoxy) is 1. The van der Waals surface area contributed by atoms with E-state index >= 15 is 0 Å². The lowest BCUT2D eigenvalue weighted by atomic mass is 10.1. The third-order valence-electron chi connectivity index (χ3n) is 3.00. The topological polar surface area (TPSA) is 53.2 Å². The summed E-state index contributed by atoms with van der Waals surface area (Å²) >= 11 is 6.06. The van der Waals surface area contributed by atoms with Gasteiger partial charge in [-0.25, -0.2) is 4.39 Å². The molecule has 21 heavy (non-hydrogen) atoms. The van der Waals surface area contributed by atoms with Crippen LogP contribution in [0.2, 0.25) is 5.02 Å². The second-order valence-corrected chi connectivity index (χ2v) is 4.98. The highest BCUT2D eigenvalue weighted by Gasteiger charge is 2.09. The van der Waals surface area contributed by atoms with Gasteiger partial charge >= 0.3 is 0 Å². The van der Waals surface area contributed by atoms with Gasteiger partial charge in [0.25, 0.3) is 0 Å². The van der Waals surface area contributed by atoms with Gasteiger partial charge in [0.15, 0.2) is 0 Å². The lowest BCUT2D eigenvalue weighted by Crippen LogP contribution is -2.00. The molecule has 1 unspecified atom stereocenters. The molecule has 0 spiro atoms. The Kier molecular flexibility index (Phi) is 4.79. The van der Waals surface area contributed by atoms with Crippen LogP contribution in [0.3, 0.4) is 0 Å². The number of hydrogen-bond acceptors (Lipinski definition) is 3. The van der Waals surface area contributed by atoms with Crippen LogP contribution in [0.15, 0.2) is 36.4 Å². The third kappa shape index (κ3) is 3.72. The Labute approximate surface area is 127 Å². The Morgan fingerprint density at radius 3 is 2.71 bits per heavy atom. The number of rotatable bonds is 4. The van der Waals surface area contributed by atoms with E-state index in [0.29, 0.717) is 21.9 Å². The van der Waals surface area contributed by atoms with Crippen molar-refractivity contribution in [3.05, 3.63) is 63.9 Å². The van der Waals surface area contributed by atoms with Gasteiger partial charge in [-0.2, -0.15) is 5.26 Å². The lowest BCUT2D eigenvalue weighted by Gasteiger charge is -2.11. The summed E-state index contributed by atoms with van der Waals surface area (Å²) in [6.45, 7) is 1.60. The fourth-order valence-electron chi connectivity index (χ4n) is 1.80. The highest BCUT2D eigenvalue weighted by atomic mass is 35.5. The van der Waals surface area contributed by atoms with Crippen molar-refractivity contribution < 1.29 is 14.2 Å². The first-order valence-electron chi connectivity index (χ1n) is 6.30. The largest absolute Gasteiger partial charge is 0.487 e. The molecule has 0 saturated carbocycles. The van der Waals surface area contributed by atoms with Gasteiger partial charge in [0.05, 0.1) is 22.8 Å². The van der Waals surface area contributed by atoms with Crippen molar-refractivity contribution in [3.63, 3.8) is 0 Å². The molecule has 0 amide bonds. The first-order chi connectivity index (χ1) is 10.0. The van der Waals surface area contributed by atoms with Crippen molar-refractivity contribution in [1.82, 2.24) is 0 Å². The van der Waals surface area contributed by atoms with E-state index in [1.807, 2.05) is 6.07 Å². The van der Waals surface area contributed by atoms with E-state index in [1.165, 1.54) is 18.2 Å². The van der Waals surface area contributed by atoms with Gasteiger partial charge in [0.2, 0.25) is 0 Å². The molecule has 5 heteroatoms. The molecular weight excluding hydrogens is 293 g/mol. The molecule has 0 bridgehead atoms. The average molecular weight is 306 g/mol. The first kappa shape index (κ1) is 15.3. The van der Waals surface area contributed by atoms with Gasteiger partial charge in [-0.05, 0) is 42.8 Å². The summed E-state index contributed by atoms with van der Waals surface area (Å²) in [7, 11) is 0. The molecule has 1 N–H and O–H groups in total. The van der Waals surface area contributed by atoms with Crippen LogP contribution in [0.5, 0.6) is 5.75 Å². The fraction of sp³-hybridized carbons (Fsp3) is 0.188. The van der Waals surface area contributed by atoms with E-state index in [2.05, 4.69) is 0 Å². The van der Waals surface area contributed by atoms with Crippen molar-refractivity contribution in [3.8, 4) is 11.8 Å². The summed E-state index contributed by atoms with van der Waals surface area (Å²) in [6.07, 6.45) is -0.624. The number of nitriles is 1. The Bertz CT molecular complexity index is 695. The van der Waals surface area contributed by atoms with Crippen molar-refractivity contribution in [2.24, 2.45) is 0 Å². The zero-order chi connectivity index (χ0) is 15.4. The van der Waals surface area contributed by atoms with Gasteiger partial charge in [0.1, 0.15) is 18.2 Å². The highest BCUT2D eigenvalue weighted by Crippen LogP contribution is 2.28. The first-order valence-corrected chi connectivity index (χ1v) is 6.68. The Morgan fingerprint density at radius 1 is 1.33 bits per heavy atom. The van der Waals surface area contributed by atoms with Crippen LogP contribution in [0, 0.1) is 17.1 Å². The second kappa shape index (κ2) is 6.57. The molecule has 0 aromatic heterocycles. The van der Waals surface area contributed by atoms with E-state index in [1.54, 1.807) is 25.1 Å². The molecule has 3 nitrogen and oxygen atoms in total. The van der Waals surface area contributed by atoms with Crippen LogP contribution in [0.25, 0.3) is 0 Å². The lowest BCUT2D eigenvalue weighted by molar-refractivity contribution is 0.199. The Balaban J connectivity index is 2.15. The summed E-state index contributed by atoms with van der Waals surface area (Å²) < 4.78 is 19.1. The van der Waals surface area contributed by atoms with Crippen LogP contribution in [-0.4, -0.2) is 5.11 Å². The molecule has 0 radical (unpaired) electrons. The molecule has 108 valence electrons. The van der Waals surface area contributed by atoms with E-state index in [4.69, 9.17) is 21.6 Å². The number of aliphatic hydroxyl groups is 1. The zero-order valence-corrected chi connectivity index (χ0v) is 12.1. The maximum Gasteiger partial charge on any atom is 0.138 e. The van der Waals surface area contributed by atoms with Crippen LogP contribution in [0.4, 0.5) is 4.39 Å². The van der Waals surface area contributed by atoms with Crippen molar-refractivity contribution in [1.29, 1.82) is 5.26 Å². The molecule has 0 aliphatic heterocycles. The molecule has 0 fully saturated rings. The van der Waals surface area contributed by atoms with E-state index < -0.39 is 11.9 Å². The van der Waals surface area contributed by atoms with Crippen LogP contribution in [-0.2, 0) is 6.61 Å². The standard InChI is InChI=1S/C16H13ClFNO2/c1-10(20)12-3-5-16(14(17)7-12)21-9-13-6-11(8-19)2-4-15(13)18/h2-7,10,20H,9H2,1H3. The number of aliphatic hydroxyl groups excluding tert-OH is 1. The van der Waals surface area contributed by atoms with Gasteiger partial charge in [-0.3, -0.25) is 0 Å². The van der Waals surface area contributed by atoms with Gasteiger partial charge in [-0.1, -0.05) is 17.7 Å². The number of hydrogen-bond donors (Lipinski definition) is 1. The smallest absolute Gasteiger partial charge is 0.138 e. The van der Waals surface area contributed by atoms with Gasteiger partial charge in [0, 0.05) is 5.56 Å². The second-order valence-electron chi connectivity index (χ2n) is 4.57. The minimum absolute atomic E-state index is 0.0326. The molecule has 2 rings (SSSR count). The fourth-order valence-corrected chi connectivity index (χ4v) is 2.05. The SMILES string of the molecule is CC(O)c1ccc(OCc2cc(C#N)ccc2F)c(Cl)c1. The Hall–Kier alpha value is -2.09. The number of halogens is 2. The van der Waals surface area contributed by atoms with Gasteiger partial charge < -0.3 is 9.84 Å². The molecule has 0 heterocycles. The summed E-state index contributed by atoms with van der Waals surface area (Å²) in [5.74, 6) is -0.0476. The van der Waals surface area contributed by atoms with Crippen LogP contribution < -0.4 is 4.74 Å². The maximum atomic E-state index is 13.6. The van der Waals surface area contributed by atoms with E-state index in [9.17, 15) is 9.50 Å². The summed E-state index contributed by atoms with van der Waals surface area (Å²) in [5, 5.41) is 18.6. The summed E-state index contributed by atoms with van der Waals surface area (Å²) in [5.41, 5.74) is 1.32. The van der Waals surface area contributed by atoms with Crippen LogP contribution >= 0.6 is 11.6 Å². The summed E-state index contributed by atoms with van der Waals surface area (Å²) in [6, 6.07) is 10.9. The average Bonchev–Trinajstić information content (AvgIpc) is 2.47. The number of benzene rings is 2. The normalized spacial score (nSPS) is 11.8. The van der Waals surface area contributed by atoms with Crippen molar-refractivity contribution in [2.75, 3.05) is 0 Å². The highest BCUT2D eigenvalue weighted by molar-refractivity contribution is 6.32. The molecule has 2 aromatic carbocycles. The molecular formula is C16H13ClFNO2. The third-order valence-corrected chi connectivity index (χ3v) is 3.29. The quantitative estimate of drug-likeness (QED) is 0.929.